The van der Waals surface area contributed by atoms with Crippen LogP contribution in [0.25, 0.3) is 22.4 Å². The normalized spacial score (nSPS) is 14.3. The van der Waals surface area contributed by atoms with Gasteiger partial charge in [-0.3, -0.25) is 4.79 Å². The number of aryl methyl sites for hydroxylation is 1. The smallest absolute Gasteiger partial charge is 0.254 e. The van der Waals surface area contributed by atoms with Gasteiger partial charge in [-0.1, -0.05) is 30.3 Å². The number of carbonyl (C=O) groups excluding carboxylic acids is 1. The van der Waals surface area contributed by atoms with Gasteiger partial charge in [0.05, 0.1) is 16.8 Å². The Hall–Kier alpha value is -3.67. The molecule has 0 saturated carbocycles. The van der Waals surface area contributed by atoms with E-state index in [0.29, 0.717) is 48.9 Å². The second-order valence-electron chi connectivity index (χ2n) is 7.71. The fourth-order valence-electron chi connectivity index (χ4n) is 4.08. The molecule has 1 saturated heterocycles. The number of hydrogen-bond acceptors (Lipinski definition) is 4. The number of pyridine rings is 1. The number of amides is 1. The van der Waals surface area contributed by atoms with Gasteiger partial charge in [0.2, 0.25) is 0 Å². The van der Waals surface area contributed by atoms with Crippen molar-refractivity contribution in [3.8, 4) is 11.5 Å². The van der Waals surface area contributed by atoms with E-state index in [1.165, 1.54) is 6.07 Å². The van der Waals surface area contributed by atoms with Crippen LogP contribution in [-0.4, -0.2) is 42.0 Å². The topological polar surface area (TPSA) is 49.6 Å². The quantitative estimate of drug-likeness (QED) is 0.477. The van der Waals surface area contributed by atoms with Gasteiger partial charge in [-0.15, -0.1) is 0 Å². The summed E-state index contributed by atoms with van der Waals surface area (Å²) < 4.78 is 19.9. The van der Waals surface area contributed by atoms with E-state index in [1.807, 2.05) is 65.3 Å². The van der Waals surface area contributed by atoms with Crippen molar-refractivity contribution in [2.24, 2.45) is 0 Å². The molecule has 5 rings (SSSR count). The highest BCUT2D eigenvalue weighted by molar-refractivity contribution is 6.07. The molecule has 2 aromatic carbocycles. The van der Waals surface area contributed by atoms with E-state index in [-0.39, 0.29) is 11.7 Å². The molecule has 0 atom stereocenters. The van der Waals surface area contributed by atoms with E-state index in [2.05, 4.69) is 0 Å². The van der Waals surface area contributed by atoms with Crippen molar-refractivity contribution in [1.29, 1.82) is 0 Å². The number of aromatic nitrogens is 1. The summed E-state index contributed by atoms with van der Waals surface area (Å²) in [6.45, 7) is 4.10. The van der Waals surface area contributed by atoms with Gasteiger partial charge in [0.15, 0.2) is 5.76 Å². The Balaban J connectivity index is 1.44. The Labute approximate surface area is 179 Å². The Morgan fingerprint density at radius 3 is 2.45 bits per heavy atom. The van der Waals surface area contributed by atoms with Gasteiger partial charge in [0.1, 0.15) is 17.3 Å². The average Bonchev–Trinajstić information content (AvgIpc) is 3.25. The molecule has 0 bridgehead atoms. The Kier molecular flexibility index (Phi) is 4.90. The van der Waals surface area contributed by atoms with Crippen LogP contribution in [-0.2, 0) is 0 Å². The van der Waals surface area contributed by atoms with Crippen LogP contribution >= 0.6 is 0 Å². The monoisotopic (exact) mass is 415 g/mol. The second-order valence-corrected chi connectivity index (χ2v) is 7.71. The summed E-state index contributed by atoms with van der Waals surface area (Å²) in [6.07, 6.45) is 0. The first-order chi connectivity index (χ1) is 15.1. The highest BCUT2D eigenvalue weighted by Crippen LogP contribution is 2.28. The van der Waals surface area contributed by atoms with Crippen LogP contribution in [0.15, 0.2) is 71.1 Å². The lowest BCUT2D eigenvalue weighted by Gasteiger charge is -2.36. The lowest BCUT2D eigenvalue weighted by atomic mass is 10.0. The van der Waals surface area contributed by atoms with Crippen molar-refractivity contribution in [2.45, 2.75) is 6.92 Å². The fourth-order valence-corrected chi connectivity index (χ4v) is 4.08. The number of carbonyl (C=O) groups is 1. The maximum Gasteiger partial charge on any atom is 0.254 e. The number of benzene rings is 2. The number of hydrogen-bond donors (Lipinski definition) is 0. The van der Waals surface area contributed by atoms with E-state index in [9.17, 15) is 9.18 Å². The third-order valence-corrected chi connectivity index (χ3v) is 5.70. The maximum absolute atomic E-state index is 14.1. The molecule has 1 fully saturated rings. The average molecular weight is 415 g/mol. The Morgan fingerprint density at radius 1 is 0.968 bits per heavy atom. The number of piperazine rings is 1. The van der Waals surface area contributed by atoms with Crippen LogP contribution in [0.5, 0.6) is 0 Å². The molecule has 4 aromatic rings. The molecule has 1 aliphatic rings. The largest absolute Gasteiger partial charge is 0.460 e. The minimum atomic E-state index is -0.235. The van der Waals surface area contributed by atoms with Gasteiger partial charge in [0.25, 0.3) is 5.91 Å². The first-order valence-electron chi connectivity index (χ1n) is 10.4. The zero-order valence-corrected chi connectivity index (χ0v) is 17.2. The van der Waals surface area contributed by atoms with Crippen LogP contribution < -0.4 is 4.90 Å². The first-order valence-corrected chi connectivity index (χ1v) is 10.4. The molecule has 31 heavy (non-hydrogen) atoms. The highest BCUT2D eigenvalue weighted by Gasteiger charge is 2.25. The SMILES string of the molecule is Cc1ccc(-c2cc(C(=O)N3CCN(c4ccccc4F)CC3)c3ccccc3n2)o1. The summed E-state index contributed by atoms with van der Waals surface area (Å²) in [5.74, 6) is 1.15. The number of para-hydroxylation sites is 2. The molecule has 1 amide bonds. The summed E-state index contributed by atoms with van der Waals surface area (Å²) in [5, 5.41) is 0.816. The van der Waals surface area contributed by atoms with Gasteiger partial charge in [-0.2, -0.15) is 0 Å². The van der Waals surface area contributed by atoms with Crippen LogP contribution in [0, 0.1) is 12.7 Å². The van der Waals surface area contributed by atoms with E-state index in [0.717, 1.165) is 16.7 Å². The van der Waals surface area contributed by atoms with Gasteiger partial charge in [-0.25, -0.2) is 9.37 Å². The zero-order chi connectivity index (χ0) is 21.4. The molecule has 3 heterocycles. The second kappa shape index (κ2) is 7.87. The Bertz CT molecular complexity index is 1260. The summed E-state index contributed by atoms with van der Waals surface area (Å²) in [7, 11) is 0. The minimum Gasteiger partial charge on any atom is -0.460 e. The molecule has 156 valence electrons. The van der Waals surface area contributed by atoms with E-state index >= 15 is 0 Å². The van der Waals surface area contributed by atoms with Crippen molar-refractivity contribution in [3.63, 3.8) is 0 Å². The molecule has 6 heteroatoms. The third kappa shape index (κ3) is 3.65. The minimum absolute atomic E-state index is 0.0451. The van der Waals surface area contributed by atoms with Crippen molar-refractivity contribution < 1.29 is 13.6 Å². The van der Waals surface area contributed by atoms with Crippen molar-refractivity contribution in [1.82, 2.24) is 9.88 Å². The summed E-state index contributed by atoms with van der Waals surface area (Å²) >= 11 is 0. The van der Waals surface area contributed by atoms with Crippen molar-refractivity contribution >= 4 is 22.5 Å². The van der Waals surface area contributed by atoms with E-state index < -0.39 is 0 Å². The third-order valence-electron chi connectivity index (χ3n) is 5.70. The van der Waals surface area contributed by atoms with E-state index in [4.69, 9.17) is 9.40 Å². The molecule has 0 unspecified atom stereocenters. The van der Waals surface area contributed by atoms with Gasteiger partial charge >= 0.3 is 0 Å². The number of anilines is 1. The van der Waals surface area contributed by atoms with E-state index in [1.54, 1.807) is 12.1 Å². The van der Waals surface area contributed by atoms with Crippen LogP contribution in [0.3, 0.4) is 0 Å². The summed E-state index contributed by atoms with van der Waals surface area (Å²) in [4.78, 5) is 22.0. The van der Waals surface area contributed by atoms with Crippen LogP contribution in [0.2, 0.25) is 0 Å². The van der Waals surface area contributed by atoms with Gasteiger partial charge < -0.3 is 14.2 Å². The summed E-state index contributed by atoms with van der Waals surface area (Å²) in [6, 6.07) is 20.0. The number of halogens is 1. The molecule has 0 spiro atoms. The van der Waals surface area contributed by atoms with Gasteiger partial charge in [-0.05, 0) is 43.3 Å². The first kappa shape index (κ1) is 19.3. The van der Waals surface area contributed by atoms with Crippen molar-refractivity contribution in [3.05, 3.63) is 83.9 Å². The van der Waals surface area contributed by atoms with Gasteiger partial charge in [0, 0.05) is 31.6 Å². The number of nitrogens with zero attached hydrogens (tertiary/aromatic N) is 3. The number of furan rings is 1. The molecule has 5 nitrogen and oxygen atoms in total. The molecule has 2 aromatic heterocycles. The molecule has 0 aliphatic carbocycles. The maximum atomic E-state index is 14.1. The number of rotatable bonds is 3. The molecule has 0 N–H and O–H groups in total. The number of fused-ring (bicyclic) bond motifs is 1. The lowest BCUT2D eigenvalue weighted by molar-refractivity contribution is 0.0748. The fraction of sp³-hybridized carbons (Fsp3) is 0.200. The molecular weight excluding hydrogens is 393 g/mol. The summed E-state index contributed by atoms with van der Waals surface area (Å²) in [5.41, 5.74) is 2.58. The van der Waals surface area contributed by atoms with Crippen LogP contribution in [0.1, 0.15) is 16.1 Å². The molecule has 0 radical (unpaired) electrons. The predicted octanol–water partition coefficient (Wildman–Crippen LogP) is 4.90. The van der Waals surface area contributed by atoms with Crippen LogP contribution in [0.4, 0.5) is 10.1 Å². The highest BCUT2D eigenvalue weighted by atomic mass is 19.1. The standard InChI is InChI=1S/C25H22FN3O2/c1-17-10-11-24(31-17)22-16-19(18-6-2-4-8-21(18)27-22)25(30)29-14-12-28(13-15-29)23-9-5-3-7-20(23)26/h2-11,16H,12-15H2,1H3. The predicted molar refractivity (Wildman–Crippen MR) is 119 cm³/mol. The molecular formula is C25H22FN3O2. The Morgan fingerprint density at radius 2 is 1.71 bits per heavy atom. The van der Waals surface area contributed by atoms with Crippen molar-refractivity contribution in [2.75, 3.05) is 31.1 Å². The lowest BCUT2D eigenvalue weighted by Crippen LogP contribution is -2.49. The zero-order valence-electron chi connectivity index (χ0n) is 17.2. The molecule has 1 aliphatic heterocycles.